The topological polar surface area (TPSA) is 189 Å². The number of carbonyl (C=O) groups is 5. The number of hydrogen-bond acceptors (Lipinski definition) is 7. The Bertz CT molecular complexity index is 1270. The van der Waals surface area contributed by atoms with Gasteiger partial charge in [-0.15, -0.1) is 0 Å². The summed E-state index contributed by atoms with van der Waals surface area (Å²) in [6.45, 7) is 6.18. The number of nitrogens with one attached hydrogen (secondary N) is 4. The number of benzene rings is 2. The lowest BCUT2D eigenvalue weighted by atomic mass is 10.0. The van der Waals surface area contributed by atoms with Gasteiger partial charge < -0.3 is 26.2 Å². The Morgan fingerprint density at radius 2 is 1.48 bits per heavy atom. The van der Waals surface area contributed by atoms with Gasteiger partial charge in [-0.2, -0.15) is 13.2 Å². The molecule has 0 aromatic heterocycles. The van der Waals surface area contributed by atoms with Crippen LogP contribution in [0.25, 0.3) is 0 Å². The van der Waals surface area contributed by atoms with Crippen LogP contribution in [0.2, 0.25) is 0 Å². The van der Waals surface area contributed by atoms with Crippen LogP contribution in [0.5, 0.6) is 0 Å². The number of ether oxygens (including phenoxy) is 1. The SMILES string of the molecule is CC(C)(C)OC(=O)N[C@H](CCc1ccccc1)C(=O)NNC(=O)c1ccc(CNC(=O)CCCCCN)cc1.O=C(O)C(F)(F)F. The van der Waals surface area contributed by atoms with Gasteiger partial charge in [-0.1, -0.05) is 48.9 Å². The lowest BCUT2D eigenvalue weighted by Crippen LogP contribution is -2.53. The van der Waals surface area contributed by atoms with Crippen LogP contribution in [0.3, 0.4) is 0 Å². The molecule has 4 amide bonds. The first-order valence-electron chi connectivity index (χ1n) is 14.5. The van der Waals surface area contributed by atoms with E-state index in [2.05, 4.69) is 21.5 Å². The molecule has 0 heterocycles. The van der Waals surface area contributed by atoms with E-state index in [1.807, 2.05) is 30.3 Å². The fourth-order valence-electron chi connectivity index (χ4n) is 3.62. The third-order valence-corrected chi connectivity index (χ3v) is 5.93. The number of nitrogens with two attached hydrogens (primary N) is 1. The first-order valence-corrected chi connectivity index (χ1v) is 14.5. The van der Waals surface area contributed by atoms with Crippen molar-refractivity contribution in [2.24, 2.45) is 5.73 Å². The van der Waals surface area contributed by atoms with Crippen molar-refractivity contribution < 1.29 is 47.0 Å². The summed E-state index contributed by atoms with van der Waals surface area (Å²) in [6, 6.07) is 15.3. The highest BCUT2D eigenvalue weighted by atomic mass is 19.4. The van der Waals surface area contributed by atoms with Crippen LogP contribution in [0, 0.1) is 0 Å². The molecular weight excluding hydrogens is 611 g/mol. The monoisotopic (exact) mass is 653 g/mol. The summed E-state index contributed by atoms with van der Waals surface area (Å²) in [4.78, 5) is 58.6. The van der Waals surface area contributed by atoms with E-state index in [4.69, 9.17) is 20.4 Å². The Labute approximate surface area is 265 Å². The maximum Gasteiger partial charge on any atom is 0.490 e. The second-order valence-corrected chi connectivity index (χ2v) is 11.0. The van der Waals surface area contributed by atoms with Crippen LogP contribution < -0.4 is 27.2 Å². The van der Waals surface area contributed by atoms with E-state index in [0.717, 1.165) is 30.4 Å². The second-order valence-electron chi connectivity index (χ2n) is 11.0. The van der Waals surface area contributed by atoms with Crippen molar-refractivity contribution in [2.75, 3.05) is 6.54 Å². The number of aryl methyl sites for hydroxylation is 1. The standard InChI is InChI=1S/C29H41N5O5.C2HF3O2/c1-29(2,3)39-28(38)32-24(18-15-21-10-6-4-7-11-21)27(37)34-33-26(36)23-16-13-22(14-17-23)20-31-25(35)12-8-5-9-19-30;3-2(4,5)1(6)7/h4,6-7,10-11,13-14,16-17,24H,5,8-9,12,15,18-20,30H2,1-3H3,(H,31,35)(H,32,38)(H,33,36)(H,34,37);(H,6,7)/t24-;/m1./s1. The molecule has 254 valence electrons. The summed E-state index contributed by atoms with van der Waals surface area (Å²) in [7, 11) is 0. The average molecular weight is 654 g/mol. The number of carboxylic acids is 1. The Balaban J connectivity index is 0.00000135. The van der Waals surface area contributed by atoms with E-state index in [1.54, 1.807) is 45.0 Å². The van der Waals surface area contributed by atoms with Crippen molar-refractivity contribution in [1.29, 1.82) is 0 Å². The number of alkyl carbamates (subject to hydrolysis) is 1. The molecule has 7 N–H and O–H groups in total. The Morgan fingerprint density at radius 3 is 2.02 bits per heavy atom. The molecule has 15 heteroatoms. The number of amides is 4. The molecule has 0 saturated carbocycles. The van der Waals surface area contributed by atoms with Crippen molar-refractivity contribution in [2.45, 2.75) is 83.7 Å². The summed E-state index contributed by atoms with van der Waals surface area (Å²) < 4.78 is 37.0. The van der Waals surface area contributed by atoms with E-state index in [0.29, 0.717) is 37.9 Å². The molecule has 0 unspecified atom stereocenters. The van der Waals surface area contributed by atoms with Gasteiger partial charge in [0.15, 0.2) is 0 Å². The fourth-order valence-corrected chi connectivity index (χ4v) is 3.62. The summed E-state index contributed by atoms with van der Waals surface area (Å²) in [5.41, 5.74) is 11.7. The zero-order valence-electron chi connectivity index (χ0n) is 26.0. The van der Waals surface area contributed by atoms with Crippen molar-refractivity contribution in [1.82, 2.24) is 21.5 Å². The highest BCUT2D eigenvalue weighted by Crippen LogP contribution is 2.13. The van der Waals surface area contributed by atoms with Gasteiger partial charge in [-0.25, -0.2) is 9.59 Å². The molecule has 2 aromatic rings. The van der Waals surface area contributed by atoms with E-state index < -0.39 is 41.7 Å². The number of unbranched alkanes of at least 4 members (excludes halogenated alkanes) is 2. The van der Waals surface area contributed by atoms with Gasteiger partial charge in [-0.3, -0.25) is 25.2 Å². The van der Waals surface area contributed by atoms with Crippen molar-refractivity contribution in [3.05, 3.63) is 71.3 Å². The maximum atomic E-state index is 12.9. The zero-order chi connectivity index (χ0) is 34.8. The fraction of sp³-hybridized carbons (Fsp3) is 0.452. The van der Waals surface area contributed by atoms with Gasteiger partial charge in [-0.05, 0) is 76.3 Å². The summed E-state index contributed by atoms with van der Waals surface area (Å²) >= 11 is 0. The summed E-state index contributed by atoms with van der Waals surface area (Å²) in [5, 5.41) is 12.6. The third-order valence-electron chi connectivity index (χ3n) is 5.93. The van der Waals surface area contributed by atoms with Crippen LogP contribution in [-0.2, 0) is 32.1 Å². The number of halogens is 3. The molecule has 0 aliphatic rings. The normalized spacial score (nSPS) is 11.6. The van der Waals surface area contributed by atoms with Gasteiger partial charge in [0.2, 0.25) is 5.91 Å². The third kappa shape index (κ3) is 17.6. The minimum atomic E-state index is -5.08. The lowest BCUT2D eigenvalue weighted by Gasteiger charge is -2.23. The largest absolute Gasteiger partial charge is 0.490 e. The molecule has 0 saturated heterocycles. The van der Waals surface area contributed by atoms with E-state index >= 15 is 0 Å². The number of carboxylic acid groups (broad SMARTS) is 1. The molecule has 12 nitrogen and oxygen atoms in total. The Kier molecular flexibility index (Phi) is 16.8. The van der Waals surface area contributed by atoms with E-state index in [1.165, 1.54) is 0 Å². The first-order chi connectivity index (χ1) is 21.5. The maximum absolute atomic E-state index is 12.9. The predicted molar refractivity (Wildman–Crippen MR) is 163 cm³/mol. The summed E-state index contributed by atoms with van der Waals surface area (Å²) in [6.07, 6.45) is -1.88. The van der Waals surface area contributed by atoms with Gasteiger partial charge in [0.1, 0.15) is 11.6 Å². The molecule has 0 aliphatic carbocycles. The van der Waals surface area contributed by atoms with Crippen molar-refractivity contribution in [3.63, 3.8) is 0 Å². The molecule has 0 spiro atoms. The molecule has 0 radical (unpaired) electrons. The van der Waals surface area contributed by atoms with Gasteiger partial charge in [0.25, 0.3) is 11.8 Å². The van der Waals surface area contributed by atoms with E-state index in [9.17, 15) is 32.3 Å². The molecule has 0 bridgehead atoms. The quantitative estimate of drug-likeness (QED) is 0.139. The Hall–Kier alpha value is -4.66. The number of carbonyl (C=O) groups excluding carboxylic acids is 4. The minimum absolute atomic E-state index is 0.0293. The highest BCUT2D eigenvalue weighted by Gasteiger charge is 2.38. The smallest absolute Gasteiger partial charge is 0.475 e. The van der Waals surface area contributed by atoms with Gasteiger partial charge in [0.05, 0.1) is 0 Å². The molecule has 1 atom stereocenters. The summed E-state index contributed by atoms with van der Waals surface area (Å²) in [5.74, 6) is -3.88. The number of aliphatic carboxylic acids is 1. The number of hydrazine groups is 1. The van der Waals surface area contributed by atoms with Crippen LogP contribution in [-0.4, -0.2) is 59.3 Å². The molecular formula is C31H42F3N5O7. The van der Waals surface area contributed by atoms with Crippen LogP contribution in [0.4, 0.5) is 18.0 Å². The van der Waals surface area contributed by atoms with Crippen molar-refractivity contribution in [3.8, 4) is 0 Å². The zero-order valence-corrected chi connectivity index (χ0v) is 26.0. The number of hydrogen-bond donors (Lipinski definition) is 6. The highest BCUT2D eigenvalue weighted by molar-refractivity contribution is 5.96. The number of rotatable bonds is 13. The molecule has 2 rings (SSSR count). The van der Waals surface area contributed by atoms with E-state index in [-0.39, 0.29) is 5.91 Å². The predicted octanol–water partition coefficient (Wildman–Crippen LogP) is 3.74. The average Bonchev–Trinajstić information content (AvgIpc) is 2.98. The van der Waals surface area contributed by atoms with Crippen molar-refractivity contribution >= 4 is 29.8 Å². The molecule has 0 aliphatic heterocycles. The second kappa shape index (κ2) is 19.7. The van der Waals surface area contributed by atoms with Crippen LogP contribution >= 0.6 is 0 Å². The van der Waals surface area contributed by atoms with Crippen LogP contribution in [0.1, 0.15) is 74.4 Å². The molecule has 46 heavy (non-hydrogen) atoms. The number of alkyl halides is 3. The van der Waals surface area contributed by atoms with Gasteiger partial charge in [0, 0.05) is 18.5 Å². The first kappa shape index (κ1) is 39.4. The minimum Gasteiger partial charge on any atom is -0.475 e. The Morgan fingerprint density at radius 1 is 0.870 bits per heavy atom. The lowest BCUT2D eigenvalue weighted by molar-refractivity contribution is -0.192. The molecule has 0 fully saturated rings. The van der Waals surface area contributed by atoms with Crippen LogP contribution in [0.15, 0.2) is 54.6 Å². The molecule has 2 aromatic carbocycles. The van der Waals surface area contributed by atoms with Gasteiger partial charge >= 0.3 is 18.2 Å².